The van der Waals surface area contributed by atoms with Crippen molar-refractivity contribution in [2.45, 2.75) is 12.8 Å². The first-order valence-electron chi connectivity index (χ1n) is 9.09. The lowest BCUT2D eigenvalue weighted by molar-refractivity contribution is 0.0600. The maximum Gasteiger partial charge on any atom is 0.511 e. The number of aromatic nitrogens is 1. The molecule has 1 aliphatic heterocycles. The molecular weight excluding hydrogens is 372 g/mol. The summed E-state index contributed by atoms with van der Waals surface area (Å²) in [6, 6.07) is 9.35. The molecule has 5 nitrogen and oxygen atoms in total. The summed E-state index contributed by atoms with van der Waals surface area (Å²) in [7, 11) is 1.33. The first-order chi connectivity index (χ1) is 13.4. The molecule has 3 rings (SSSR count). The molecule has 0 atom stereocenters. The van der Waals surface area contributed by atoms with Crippen LogP contribution in [-0.2, 0) is 4.74 Å². The minimum atomic E-state index is -5.02. The molecule has 1 fully saturated rings. The maximum absolute atomic E-state index is 12.7. The van der Waals surface area contributed by atoms with Gasteiger partial charge in [-0.3, -0.25) is 0 Å². The highest BCUT2D eigenvalue weighted by Crippen LogP contribution is 2.23. The van der Waals surface area contributed by atoms with Crippen molar-refractivity contribution in [1.29, 1.82) is 0 Å². The highest BCUT2D eigenvalue weighted by molar-refractivity contribution is 6.73. The lowest BCUT2D eigenvalue weighted by Gasteiger charge is -2.33. The molecule has 1 saturated heterocycles. The van der Waals surface area contributed by atoms with E-state index in [0.29, 0.717) is 42.7 Å². The summed E-state index contributed by atoms with van der Waals surface area (Å²) in [6.45, 7) is -3.08. The quantitative estimate of drug-likeness (QED) is 0.557. The van der Waals surface area contributed by atoms with Gasteiger partial charge in [-0.1, -0.05) is 17.6 Å². The van der Waals surface area contributed by atoms with E-state index >= 15 is 0 Å². The van der Waals surface area contributed by atoms with Crippen LogP contribution in [0.15, 0.2) is 42.6 Å². The van der Waals surface area contributed by atoms with E-state index in [1.54, 1.807) is 24.3 Å². The highest BCUT2D eigenvalue weighted by atomic mass is 19.4. The number of esters is 1. The van der Waals surface area contributed by atoms with Gasteiger partial charge in [-0.25, -0.2) is 9.78 Å². The minimum Gasteiger partial charge on any atom is -0.493 e. The fourth-order valence-corrected chi connectivity index (χ4v) is 3.15. The Balaban J connectivity index is 1.50. The summed E-state index contributed by atoms with van der Waals surface area (Å²) in [5.74, 6) is 1.09. The number of carbonyl (C=O) groups excluding carboxylic acids is 1. The molecule has 150 valence electrons. The first-order valence-corrected chi connectivity index (χ1v) is 9.09. The molecule has 0 unspecified atom stereocenters. The molecule has 9 heteroatoms. The third-order valence-electron chi connectivity index (χ3n) is 4.83. The zero-order valence-electron chi connectivity index (χ0n) is 15.5. The molecule has 2 heterocycles. The summed E-state index contributed by atoms with van der Waals surface area (Å²) in [6.07, 6.45) is 2.60. The van der Waals surface area contributed by atoms with E-state index in [4.69, 9.17) is 9.47 Å². The van der Waals surface area contributed by atoms with E-state index in [9.17, 15) is 17.7 Å². The van der Waals surface area contributed by atoms with Crippen molar-refractivity contribution in [2.24, 2.45) is 5.92 Å². The van der Waals surface area contributed by atoms with E-state index in [0.717, 1.165) is 25.1 Å². The van der Waals surface area contributed by atoms with Crippen molar-refractivity contribution >= 4 is 24.2 Å². The van der Waals surface area contributed by atoms with Crippen LogP contribution in [0.3, 0.4) is 0 Å². The number of pyridine rings is 1. The molecule has 1 aromatic carbocycles. The van der Waals surface area contributed by atoms with Gasteiger partial charge in [0, 0.05) is 19.3 Å². The van der Waals surface area contributed by atoms with Crippen LogP contribution in [0, 0.1) is 5.92 Å². The Labute approximate surface area is 161 Å². The van der Waals surface area contributed by atoms with Gasteiger partial charge in [-0.2, -0.15) is 0 Å². The molecule has 0 amide bonds. The molecular formula is C19H21BF3N2O3-. The average molecular weight is 393 g/mol. The molecule has 28 heavy (non-hydrogen) atoms. The molecule has 2 aromatic rings. The Morgan fingerprint density at radius 2 is 1.96 bits per heavy atom. The second-order valence-electron chi connectivity index (χ2n) is 6.79. The van der Waals surface area contributed by atoms with Gasteiger partial charge < -0.3 is 27.3 Å². The Morgan fingerprint density at radius 3 is 2.57 bits per heavy atom. The van der Waals surface area contributed by atoms with Crippen molar-refractivity contribution in [1.82, 2.24) is 4.98 Å². The van der Waals surface area contributed by atoms with E-state index < -0.39 is 18.4 Å². The van der Waals surface area contributed by atoms with Gasteiger partial charge in [0.2, 0.25) is 0 Å². The van der Waals surface area contributed by atoms with Crippen LogP contribution in [-0.4, -0.2) is 44.7 Å². The second-order valence-corrected chi connectivity index (χ2v) is 6.79. The largest absolute Gasteiger partial charge is 0.511 e. The van der Waals surface area contributed by atoms with Crippen molar-refractivity contribution in [2.75, 3.05) is 31.7 Å². The van der Waals surface area contributed by atoms with Gasteiger partial charge in [0.25, 0.3) is 0 Å². The van der Waals surface area contributed by atoms with Crippen molar-refractivity contribution in [3.05, 3.63) is 48.2 Å². The first kappa shape index (κ1) is 20.0. The molecule has 0 aliphatic carbocycles. The van der Waals surface area contributed by atoms with Crippen LogP contribution >= 0.6 is 0 Å². The van der Waals surface area contributed by atoms with Crippen LogP contribution in [0.25, 0.3) is 0 Å². The lowest BCUT2D eigenvalue weighted by atomic mass is 9.81. The predicted molar refractivity (Wildman–Crippen MR) is 101 cm³/mol. The number of anilines is 1. The Hall–Kier alpha value is -2.71. The van der Waals surface area contributed by atoms with E-state index in [1.165, 1.54) is 13.2 Å². The molecule has 1 aromatic heterocycles. The number of hydrogen-bond donors (Lipinski definition) is 0. The zero-order chi connectivity index (χ0) is 20.1. The van der Waals surface area contributed by atoms with E-state index in [2.05, 4.69) is 4.98 Å². The monoisotopic (exact) mass is 393 g/mol. The number of ether oxygens (including phenoxy) is 2. The average Bonchev–Trinajstić information content (AvgIpc) is 2.72. The Kier molecular flexibility index (Phi) is 6.11. The van der Waals surface area contributed by atoms with Crippen molar-refractivity contribution < 1.29 is 27.2 Å². The normalized spacial score (nSPS) is 15.4. The number of nitrogens with zero attached hydrogens (tertiary/aromatic N) is 2. The van der Waals surface area contributed by atoms with Gasteiger partial charge in [0.15, 0.2) is 0 Å². The van der Waals surface area contributed by atoms with Crippen LogP contribution in [0.4, 0.5) is 18.8 Å². The van der Waals surface area contributed by atoms with Crippen molar-refractivity contribution in [3.8, 4) is 5.75 Å². The van der Waals surface area contributed by atoms with Gasteiger partial charge >= 0.3 is 12.9 Å². The number of carbonyl (C=O) groups is 1. The van der Waals surface area contributed by atoms with Gasteiger partial charge in [0.05, 0.1) is 19.3 Å². The fraction of sp³-hybridized carbons (Fsp3) is 0.368. The van der Waals surface area contributed by atoms with Gasteiger partial charge in [0.1, 0.15) is 11.6 Å². The van der Waals surface area contributed by atoms with Crippen LogP contribution in [0.1, 0.15) is 23.2 Å². The predicted octanol–water partition coefficient (Wildman–Crippen LogP) is 3.22. The molecule has 0 N–H and O–H groups in total. The SMILES string of the molecule is COC(=O)c1cccc(OCC2CCN(c3ccc([B-](F)(F)F)cn3)CC2)c1. The number of halogens is 3. The molecule has 0 saturated carbocycles. The second kappa shape index (κ2) is 8.54. The smallest absolute Gasteiger partial charge is 0.493 e. The molecule has 0 spiro atoms. The zero-order valence-corrected chi connectivity index (χ0v) is 15.5. The van der Waals surface area contributed by atoms with Crippen LogP contribution < -0.4 is 15.1 Å². The minimum absolute atomic E-state index is 0.329. The molecule has 1 aliphatic rings. The molecule has 0 bridgehead atoms. The molecule has 0 radical (unpaired) electrons. The Bertz CT molecular complexity index is 807. The van der Waals surface area contributed by atoms with Crippen LogP contribution in [0.5, 0.6) is 5.75 Å². The number of benzene rings is 1. The maximum atomic E-state index is 12.7. The number of hydrogen-bond acceptors (Lipinski definition) is 5. The topological polar surface area (TPSA) is 51.7 Å². The summed E-state index contributed by atoms with van der Waals surface area (Å²) in [4.78, 5) is 17.5. The van der Waals surface area contributed by atoms with E-state index in [-0.39, 0.29) is 0 Å². The number of methoxy groups -OCH3 is 1. The standard InChI is InChI=1S/C19H21BF3N2O3/c1-27-19(26)15-3-2-4-17(11-15)28-13-14-7-9-25(10-8-14)18-6-5-16(12-24-18)20(21,22)23/h2-6,11-12,14H,7-10,13H2,1H3/q-1. The summed E-state index contributed by atoms with van der Waals surface area (Å²) < 4.78 is 48.6. The summed E-state index contributed by atoms with van der Waals surface area (Å²) in [5, 5.41) is 0. The third-order valence-corrected chi connectivity index (χ3v) is 4.83. The lowest BCUT2D eigenvalue weighted by Crippen LogP contribution is -2.37. The van der Waals surface area contributed by atoms with E-state index in [1.807, 2.05) is 4.90 Å². The summed E-state index contributed by atoms with van der Waals surface area (Å²) in [5.41, 5.74) is -0.245. The number of rotatable bonds is 6. The highest BCUT2D eigenvalue weighted by Gasteiger charge is 2.26. The summed E-state index contributed by atoms with van der Waals surface area (Å²) >= 11 is 0. The van der Waals surface area contributed by atoms with Gasteiger partial charge in [-0.05, 0) is 43.0 Å². The van der Waals surface area contributed by atoms with Crippen LogP contribution in [0.2, 0.25) is 0 Å². The van der Waals surface area contributed by atoms with Gasteiger partial charge in [-0.15, -0.1) is 0 Å². The Morgan fingerprint density at radius 1 is 1.21 bits per heavy atom. The third kappa shape index (κ3) is 4.96. The van der Waals surface area contributed by atoms with Crippen molar-refractivity contribution in [3.63, 3.8) is 0 Å². The number of piperidine rings is 1. The fourth-order valence-electron chi connectivity index (χ4n) is 3.15.